The number of benzene rings is 2. The van der Waals surface area contributed by atoms with Gasteiger partial charge in [0, 0.05) is 11.1 Å². The van der Waals surface area contributed by atoms with Crippen molar-refractivity contribution in [2.75, 3.05) is 6.61 Å². The third-order valence-electron chi connectivity index (χ3n) is 3.51. The molecule has 0 heterocycles. The highest BCUT2D eigenvalue weighted by Gasteiger charge is 2.31. The van der Waals surface area contributed by atoms with E-state index >= 15 is 0 Å². The Hall–Kier alpha value is -2.95. The number of hydrogen-bond acceptors (Lipinski definition) is 4. The summed E-state index contributed by atoms with van der Waals surface area (Å²) in [6.07, 6.45) is 0. The molecule has 0 spiro atoms. The van der Waals surface area contributed by atoms with E-state index in [1.807, 2.05) is 0 Å². The smallest absolute Gasteiger partial charge is 0.336 e. The fourth-order valence-electron chi connectivity index (χ4n) is 2.27. The Bertz CT molecular complexity index is 740. The van der Waals surface area contributed by atoms with Crippen molar-refractivity contribution in [3.05, 3.63) is 71.3 Å². The average Bonchev–Trinajstić information content (AvgIpc) is 2.60. The van der Waals surface area contributed by atoms with E-state index in [4.69, 9.17) is 4.74 Å². The molecule has 2 rings (SSSR count). The first-order valence-corrected chi connectivity index (χ1v) is 7.67. The van der Waals surface area contributed by atoms with Gasteiger partial charge in [-0.2, -0.15) is 0 Å². The van der Waals surface area contributed by atoms with Crippen LogP contribution in [0, 0.1) is 6.92 Å². The second-order valence-electron chi connectivity index (χ2n) is 5.20. The van der Waals surface area contributed by atoms with E-state index in [1.54, 1.807) is 68.4 Å². The van der Waals surface area contributed by atoms with E-state index in [0.717, 1.165) is 5.56 Å². The molecule has 1 amide bonds. The Morgan fingerprint density at radius 1 is 1.00 bits per heavy atom. The lowest BCUT2D eigenvalue weighted by Gasteiger charge is -2.17. The predicted octanol–water partition coefficient (Wildman–Crippen LogP) is 2.54. The summed E-state index contributed by atoms with van der Waals surface area (Å²) >= 11 is 0. The second kappa shape index (κ2) is 8.06. The van der Waals surface area contributed by atoms with E-state index in [1.165, 1.54) is 0 Å². The average molecular weight is 325 g/mol. The fourth-order valence-corrected chi connectivity index (χ4v) is 2.27. The summed E-state index contributed by atoms with van der Waals surface area (Å²) in [6, 6.07) is 13.9. The quantitative estimate of drug-likeness (QED) is 0.503. The van der Waals surface area contributed by atoms with E-state index in [2.05, 4.69) is 5.32 Å². The molecule has 0 radical (unpaired) electrons. The highest BCUT2D eigenvalue weighted by molar-refractivity contribution is 6.15. The number of aryl methyl sites for hydroxylation is 1. The number of carbonyl (C=O) groups excluding carboxylic acids is 3. The molecule has 1 atom stereocenters. The molecule has 0 aliphatic rings. The normalized spacial score (nSPS) is 11.4. The second-order valence-corrected chi connectivity index (χ2v) is 5.20. The van der Waals surface area contributed by atoms with E-state index in [-0.39, 0.29) is 6.61 Å². The molecule has 0 saturated carbocycles. The number of rotatable bonds is 6. The molecule has 24 heavy (non-hydrogen) atoms. The minimum absolute atomic E-state index is 0.123. The maximum Gasteiger partial charge on any atom is 0.336 e. The molecule has 1 unspecified atom stereocenters. The molecule has 2 aromatic carbocycles. The Labute approximate surface area is 140 Å². The number of hydrogen-bond donors (Lipinski definition) is 1. The SMILES string of the molecule is CCOC(=O)C(NC(=O)c1ccccc1)C(=O)c1ccccc1C. The van der Waals surface area contributed by atoms with Gasteiger partial charge in [0.1, 0.15) is 0 Å². The molecule has 0 aromatic heterocycles. The topological polar surface area (TPSA) is 72.5 Å². The number of amides is 1. The van der Waals surface area contributed by atoms with Crippen molar-refractivity contribution in [2.45, 2.75) is 19.9 Å². The van der Waals surface area contributed by atoms with Crippen LogP contribution in [0.15, 0.2) is 54.6 Å². The third kappa shape index (κ3) is 4.07. The van der Waals surface area contributed by atoms with Crippen LogP contribution in [0.4, 0.5) is 0 Å². The lowest BCUT2D eigenvalue weighted by atomic mass is 9.99. The van der Waals surface area contributed by atoms with Crippen LogP contribution in [0.5, 0.6) is 0 Å². The van der Waals surface area contributed by atoms with Crippen LogP contribution in [0.1, 0.15) is 33.2 Å². The molecule has 1 N–H and O–H groups in total. The number of ketones is 1. The molecule has 0 fully saturated rings. The van der Waals surface area contributed by atoms with Crippen molar-refractivity contribution in [1.82, 2.24) is 5.32 Å². The summed E-state index contributed by atoms with van der Waals surface area (Å²) in [5.41, 5.74) is 1.47. The third-order valence-corrected chi connectivity index (χ3v) is 3.51. The molecule has 0 bridgehead atoms. The maximum absolute atomic E-state index is 12.7. The van der Waals surface area contributed by atoms with Crippen molar-refractivity contribution in [3.8, 4) is 0 Å². The van der Waals surface area contributed by atoms with Crippen LogP contribution in [-0.4, -0.2) is 30.3 Å². The first-order chi connectivity index (χ1) is 11.5. The number of nitrogens with one attached hydrogen (secondary N) is 1. The zero-order chi connectivity index (χ0) is 17.5. The van der Waals surface area contributed by atoms with Gasteiger partial charge in [0.05, 0.1) is 6.61 Å². The zero-order valence-electron chi connectivity index (χ0n) is 13.6. The summed E-state index contributed by atoms with van der Waals surface area (Å²) < 4.78 is 4.95. The van der Waals surface area contributed by atoms with Crippen LogP contribution in [0.2, 0.25) is 0 Å². The lowest BCUT2D eigenvalue weighted by molar-refractivity contribution is -0.144. The van der Waals surface area contributed by atoms with Gasteiger partial charge in [-0.05, 0) is 31.5 Å². The Morgan fingerprint density at radius 2 is 1.62 bits per heavy atom. The Kier molecular flexibility index (Phi) is 5.84. The summed E-state index contributed by atoms with van der Waals surface area (Å²) in [4.78, 5) is 37.2. The van der Waals surface area contributed by atoms with Crippen molar-refractivity contribution < 1.29 is 19.1 Å². The van der Waals surface area contributed by atoms with E-state index < -0.39 is 23.7 Å². The highest BCUT2D eigenvalue weighted by atomic mass is 16.5. The minimum atomic E-state index is -1.38. The first kappa shape index (κ1) is 17.4. The van der Waals surface area contributed by atoms with Crippen LogP contribution in [-0.2, 0) is 9.53 Å². The summed E-state index contributed by atoms with van der Waals surface area (Å²) in [5, 5.41) is 2.48. The van der Waals surface area contributed by atoms with Crippen molar-refractivity contribution in [3.63, 3.8) is 0 Å². The zero-order valence-corrected chi connectivity index (χ0v) is 13.6. The van der Waals surface area contributed by atoms with Gasteiger partial charge in [-0.3, -0.25) is 9.59 Å². The number of esters is 1. The molecule has 0 saturated heterocycles. The van der Waals surface area contributed by atoms with Gasteiger partial charge >= 0.3 is 5.97 Å². The molecular weight excluding hydrogens is 306 g/mol. The van der Waals surface area contributed by atoms with Crippen molar-refractivity contribution in [2.24, 2.45) is 0 Å². The molecule has 0 aliphatic carbocycles. The molecule has 124 valence electrons. The van der Waals surface area contributed by atoms with Gasteiger partial charge in [-0.15, -0.1) is 0 Å². The highest BCUT2D eigenvalue weighted by Crippen LogP contribution is 2.12. The molecule has 5 heteroatoms. The van der Waals surface area contributed by atoms with E-state index in [0.29, 0.717) is 11.1 Å². The van der Waals surface area contributed by atoms with Gasteiger partial charge in [-0.1, -0.05) is 42.5 Å². The van der Waals surface area contributed by atoms with Crippen molar-refractivity contribution >= 4 is 17.7 Å². The number of carbonyl (C=O) groups is 3. The lowest BCUT2D eigenvalue weighted by Crippen LogP contribution is -2.47. The fraction of sp³-hybridized carbons (Fsp3) is 0.211. The van der Waals surface area contributed by atoms with Crippen LogP contribution >= 0.6 is 0 Å². The Morgan fingerprint density at radius 3 is 2.25 bits per heavy atom. The molecule has 5 nitrogen and oxygen atoms in total. The standard InChI is InChI=1S/C19H19NO4/c1-3-24-19(23)16(17(21)15-12-8-7-9-13(15)2)20-18(22)14-10-5-4-6-11-14/h4-12,16H,3H2,1-2H3,(H,20,22). The largest absolute Gasteiger partial charge is 0.464 e. The van der Waals surface area contributed by atoms with Crippen LogP contribution in [0.25, 0.3) is 0 Å². The van der Waals surface area contributed by atoms with Gasteiger partial charge in [0.15, 0.2) is 11.8 Å². The number of Topliss-reactive ketones (excluding diaryl/α,β-unsaturated/α-hetero) is 1. The van der Waals surface area contributed by atoms with Gasteiger partial charge in [0.2, 0.25) is 0 Å². The summed E-state index contributed by atoms with van der Waals surface area (Å²) in [7, 11) is 0. The molecule has 0 aliphatic heterocycles. The first-order valence-electron chi connectivity index (χ1n) is 7.67. The van der Waals surface area contributed by atoms with Crippen LogP contribution < -0.4 is 5.32 Å². The van der Waals surface area contributed by atoms with Crippen LogP contribution in [0.3, 0.4) is 0 Å². The van der Waals surface area contributed by atoms with Gasteiger partial charge in [-0.25, -0.2) is 4.79 Å². The number of ether oxygens (including phenoxy) is 1. The molecule has 2 aromatic rings. The van der Waals surface area contributed by atoms with Gasteiger partial charge < -0.3 is 10.1 Å². The minimum Gasteiger partial charge on any atom is -0.464 e. The predicted molar refractivity (Wildman–Crippen MR) is 89.8 cm³/mol. The van der Waals surface area contributed by atoms with Crippen molar-refractivity contribution in [1.29, 1.82) is 0 Å². The summed E-state index contributed by atoms with van der Waals surface area (Å²) in [6.45, 7) is 3.54. The molecular formula is C19H19NO4. The van der Waals surface area contributed by atoms with Gasteiger partial charge in [0.25, 0.3) is 5.91 Å². The Balaban J connectivity index is 2.28. The van der Waals surface area contributed by atoms with E-state index in [9.17, 15) is 14.4 Å². The monoisotopic (exact) mass is 325 g/mol. The summed E-state index contributed by atoms with van der Waals surface area (Å²) in [5.74, 6) is -1.76. The maximum atomic E-state index is 12.7.